The van der Waals surface area contributed by atoms with Gasteiger partial charge in [0, 0.05) is 5.33 Å². The van der Waals surface area contributed by atoms with E-state index >= 15 is 0 Å². The predicted molar refractivity (Wildman–Crippen MR) is 82.9 cm³/mol. The molecule has 1 N–H and O–H groups in total. The number of alkyl halides is 1. The maximum atomic E-state index is 11.4. The van der Waals surface area contributed by atoms with E-state index in [0.717, 1.165) is 30.2 Å². The summed E-state index contributed by atoms with van der Waals surface area (Å²) in [7, 11) is 0. The van der Waals surface area contributed by atoms with Gasteiger partial charge in [0.05, 0.1) is 5.92 Å². The van der Waals surface area contributed by atoms with Crippen molar-refractivity contribution in [3.8, 4) is 0 Å². The molecule has 106 valence electrons. The fourth-order valence-electron chi connectivity index (χ4n) is 2.39. The Labute approximate surface area is 124 Å². The Kier molecular flexibility index (Phi) is 7.80. The Hall–Kier alpha value is -0.830. The number of hydrogen-bond acceptors (Lipinski definition) is 1. The van der Waals surface area contributed by atoms with Crippen LogP contribution in [0.3, 0.4) is 0 Å². The summed E-state index contributed by atoms with van der Waals surface area (Å²) in [5, 5.41) is 10.4. The molecule has 1 aromatic rings. The minimum Gasteiger partial charge on any atom is -0.481 e. The smallest absolute Gasteiger partial charge is 0.307 e. The fraction of sp³-hybridized carbons (Fsp3) is 0.562. The molecule has 19 heavy (non-hydrogen) atoms. The van der Waals surface area contributed by atoms with E-state index in [-0.39, 0.29) is 11.8 Å². The highest BCUT2D eigenvalue weighted by molar-refractivity contribution is 9.09. The largest absolute Gasteiger partial charge is 0.481 e. The summed E-state index contributed by atoms with van der Waals surface area (Å²) in [6.45, 7) is 2.02. The van der Waals surface area contributed by atoms with Crippen molar-refractivity contribution in [2.75, 3.05) is 5.33 Å². The van der Waals surface area contributed by atoms with Gasteiger partial charge in [0.25, 0.3) is 0 Å². The van der Waals surface area contributed by atoms with E-state index < -0.39 is 5.97 Å². The second-order valence-corrected chi connectivity index (χ2v) is 5.83. The summed E-state index contributed by atoms with van der Waals surface area (Å²) in [4.78, 5) is 11.4. The van der Waals surface area contributed by atoms with Crippen LogP contribution in [-0.2, 0) is 4.79 Å². The van der Waals surface area contributed by atoms with Crippen LogP contribution in [0.25, 0.3) is 0 Å². The van der Waals surface area contributed by atoms with Gasteiger partial charge in [-0.1, -0.05) is 72.4 Å². The van der Waals surface area contributed by atoms with Gasteiger partial charge in [-0.05, 0) is 24.3 Å². The predicted octanol–water partition coefficient (Wildman–Crippen LogP) is 4.84. The highest BCUT2D eigenvalue weighted by Crippen LogP contribution is 2.28. The average Bonchev–Trinajstić information content (AvgIpc) is 2.43. The molecule has 3 heteroatoms. The van der Waals surface area contributed by atoms with Crippen molar-refractivity contribution < 1.29 is 9.90 Å². The molecule has 2 unspecified atom stereocenters. The lowest BCUT2D eigenvalue weighted by Gasteiger charge is -2.20. The van der Waals surface area contributed by atoms with Crippen LogP contribution in [0.5, 0.6) is 0 Å². The zero-order chi connectivity index (χ0) is 14.1. The first-order chi connectivity index (χ1) is 9.16. The van der Waals surface area contributed by atoms with Gasteiger partial charge in [-0.25, -0.2) is 0 Å². The molecular weight excluding hydrogens is 304 g/mol. The van der Waals surface area contributed by atoms with Gasteiger partial charge in [-0.2, -0.15) is 0 Å². The van der Waals surface area contributed by atoms with Crippen molar-refractivity contribution in [3.63, 3.8) is 0 Å². The van der Waals surface area contributed by atoms with Gasteiger partial charge in [0.2, 0.25) is 0 Å². The van der Waals surface area contributed by atoms with Gasteiger partial charge in [0.1, 0.15) is 0 Å². The van der Waals surface area contributed by atoms with E-state index in [2.05, 4.69) is 15.9 Å². The highest BCUT2D eigenvalue weighted by atomic mass is 79.9. The topological polar surface area (TPSA) is 37.3 Å². The number of carbonyl (C=O) groups is 1. The third-order valence-corrected chi connectivity index (χ3v) is 4.21. The molecule has 0 aromatic heterocycles. The fourth-order valence-corrected chi connectivity index (χ4v) is 2.79. The summed E-state index contributed by atoms with van der Waals surface area (Å²) >= 11 is 3.41. The van der Waals surface area contributed by atoms with Gasteiger partial charge >= 0.3 is 5.97 Å². The van der Waals surface area contributed by atoms with Crippen molar-refractivity contribution in [3.05, 3.63) is 35.9 Å². The van der Waals surface area contributed by atoms with Crippen LogP contribution in [0.15, 0.2) is 30.3 Å². The van der Waals surface area contributed by atoms with E-state index in [1.807, 2.05) is 37.3 Å². The summed E-state index contributed by atoms with van der Waals surface area (Å²) in [5.41, 5.74) is 1.12. The van der Waals surface area contributed by atoms with Gasteiger partial charge < -0.3 is 5.11 Å². The molecule has 0 aliphatic carbocycles. The number of aliphatic carboxylic acids is 1. The van der Waals surface area contributed by atoms with E-state index in [1.165, 1.54) is 12.8 Å². The van der Waals surface area contributed by atoms with E-state index in [9.17, 15) is 9.90 Å². The highest BCUT2D eigenvalue weighted by Gasteiger charge is 2.25. The molecule has 1 rings (SSSR count). The standard InChI is InChI=1S/C16H23BrO2/c1-13(14-9-5-4-6-10-14)15(16(18)19)11-7-2-3-8-12-17/h4-6,9-10,13,15H,2-3,7-8,11-12H2,1H3,(H,18,19). The Morgan fingerprint density at radius 3 is 2.37 bits per heavy atom. The van der Waals surface area contributed by atoms with Crippen LogP contribution in [0, 0.1) is 5.92 Å². The molecule has 0 saturated carbocycles. The zero-order valence-corrected chi connectivity index (χ0v) is 13.1. The molecule has 0 amide bonds. The van der Waals surface area contributed by atoms with Crippen LogP contribution in [0.1, 0.15) is 50.5 Å². The van der Waals surface area contributed by atoms with Gasteiger partial charge in [-0.15, -0.1) is 0 Å². The maximum Gasteiger partial charge on any atom is 0.307 e. The van der Waals surface area contributed by atoms with Gasteiger partial charge in [-0.3, -0.25) is 4.79 Å². The van der Waals surface area contributed by atoms with E-state index in [0.29, 0.717) is 0 Å². The number of rotatable bonds is 9. The van der Waals surface area contributed by atoms with Crippen LogP contribution < -0.4 is 0 Å². The van der Waals surface area contributed by atoms with Gasteiger partial charge in [0.15, 0.2) is 0 Å². The molecule has 0 fully saturated rings. The number of carboxylic acids is 1. The summed E-state index contributed by atoms with van der Waals surface area (Å²) in [6, 6.07) is 9.95. The minimum atomic E-state index is -0.670. The molecule has 0 radical (unpaired) electrons. The number of hydrogen-bond donors (Lipinski definition) is 1. The molecule has 2 nitrogen and oxygen atoms in total. The summed E-state index contributed by atoms with van der Waals surface area (Å²) in [6.07, 6.45) is 5.25. The van der Waals surface area contributed by atoms with Crippen molar-refractivity contribution in [2.24, 2.45) is 5.92 Å². The Morgan fingerprint density at radius 2 is 1.79 bits per heavy atom. The molecular formula is C16H23BrO2. The molecule has 0 heterocycles. The first-order valence-corrected chi connectivity index (χ1v) is 8.12. The molecule has 1 aromatic carbocycles. The third-order valence-electron chi connectivity index (χ3n) is 3.64. The molecule has 0 aliphatic heterocycles. The second-order valence-electron chi connectivity index (χ2n) is 5.04. The Bertz CT molecular complexity index is 364. The average molecular weight is 327 g/mol. The van der Waals surface area contributed by atoms with E-state index in [1.54, 1.807) is 0 Å². The Morgan fingerprint density at radius 1 is 1.16 bits per heavy atom. The maximum absolute atomic E-state index is 11.4. The van der Waals surface area contributed by atoms with Crippen LogP contribution >= 0.6 is 15.9 Å². The molecule has 0 spiro atoms. The minimum absolute atomic E-state index is 0.0786. The van der Waals surface area contributed by atoms with E-state index in [4.69, 9.17) is 0 Å². The number of unbranched alkanes of at least 4 members (excludes halogenated alkanes) is 3. The lowest BCUT2D eigenvalue weighted by atomic mass is 9.84. The molecule has 0 saturated heterocycles. The number of benzene rings is 1. The second kappa shape index (κ2) is 9.13. The van der Waals surface area contributed by atoms with Crippen LogP contribution in [-0.4, -0.2) is 16.4 Å². The molecule has 0 bridgehead atoms. The lowest BCUT2D eigenvalue weighted by Crippen LogP contribution is -2.20. The number of carboxylic acid groups (broad SMARTS) is 1. The summed E-state index contributed by atoms with van der Waals surface area (Å²) in [5.74, 6) is -0.863. The SMILES string of the molecule is CC(c1ccccc1)C(CCCCCCBr)C(=O)O. The monoisotopic (exact) mass is 326 g/mol. The van der Waals surface area contributed by atoms with Crippen molar-refractivity contribution in [1.82, 2.24) is 0 Å². The van der Waals surface area contributed by atoms with Crippen molar-refractivity contribution >= 4 is 21.9 Å². The van der Waals surface area contributed by atoms with Crippen molar-refractivity contribution in [2.45, 2.75) is 44.9 Å². The lowest BCUT2D eigenvalue weighted by molar-refractivity contribution is -0.142. The zero-order valence-electron chi connectivity index (χ0n) is 11.5. The normalized spacial score (nSPS) is 14.0. The summed E-state index contributed by atoms with van der Waals surface area (Å²) < 4.78 is 0. The van der Waals surface area contributed by atoms with Crippen LogP contribution in [0.4, 0.5) is 0 Å². The first kappa shape index (κ1) is 16.2. The third kappa shape index (κ3) is 5.77. The molecule has 2 atom stereocenters. The quantitative estimate of drug-likeness (QED) is 0.521. The Balaban J connectivity index is 2.50. The first-order valence-electron chi connectivity index (χ1n) is 7.00. The van der Waals surface area contributed by atoms with Crippen LogP contribution in [0.2, 0.25) is 0 Å². The molecule has 0 aliphatic rings. The number of halogens is 1. The van der Waals surface area contributed by atoms with Crippen molar-refractivity contribution in [1.29, 1.82) is 0 Å².